The summed E-state index contributed by atoms with van der Waals surface area (Å²) in [7, 11) is 0. The molecule has 0 saturated carbocycles. The fourth-order valence-electron chi connectivity index (χ4n) is 4.88. The number of carbonyl (C=O) groups excluding carboxylic acids is 2. The predicted molar refractivity (Wildman–Crippen MR) is 159 cm³/mol. The second kappa shape index (κ2) is 12.1. The molecule has 42 heavy (non-hydrogen) atoms. The first-order chi connectivity index (χ1) is 19.8. The molecule has 8 heteroatoms. The number of fused-ring (bicyclic) bond motifs is 1. The Morgan fingerprint density at radius 2 is 1.45 bits per heavy atom. The largest absolute Gasteiger partial charge is 0.380 e. The molecule has 4 rings (SSSR count). The molecule has 2 atom stereocenters. The molecule has 0 fully saturated rings. The summed E-state index contributed by atoms with van der Waals surface area (Å²) in [6, 6.07) is 16.4. The molecule has 1 heterocycles. The van der Waals surface area contributed by atoms with E-state index in [1.807, 2.05) is 6.92 Å². The molecule has 0 aliphatic carbocycles. The first-order valence-corrected chi connectivity index (χ1v) is 13.5. The predicted octanol–water partition coefficient (Wildman–Crippen LogP) is 6.65. The summed E-state index contributed by atoms with van der Waals surface area (Å²) in [6.45, 7) is 20.7. The van der Waals surface area contributed by atoms with Crippen LogP contribution in [0.2, 0.25) is 0 Å². The molecule has 0 aliphatic heterocycles. The van der Waals surface area contributed by atoms with Crippen molar-refractivity contribution in [1.82, 2.24) is 4.57 Å². The maximum absolute atomic E-state index is 13.8. The van der Waals surface area contributed by atoms with E-state index < -0.39 is 23.6 Å². The zero-order valence-corrected chi connectivity index (χ0v) is 24.1. The lowest BCUT2D eigenvalue weighted by Crippen LogP contribution is -2.49. The summed E-state index contributed by atoms with van der Waals surface area (Å²) >= 11 is 0. The van der Waals surface area contributed by atoms with Crippen LogP contribution < -0.4 is 0 Å². The lowest BCUT2D eigenvalue weighted by molar-refractivity contribution is -0.162. The number of hydrogen-bond acceptors (Lipinski definition) is 4. The Balaban J connectivity index is 1.59. The van der Waals surface area contributed by atoms with Gasteiger partial charge in [0.25, 0.3) is 0 Å². The van der Waals surface area contributed by atoms with Gasteiger partial charge in [0.2, 0.25) is 0 Å². The number of nitrogens with zero attached hydrogens (tertiary/aromatic N) is 3. The Morgan fingerprint density at radius 1 is 0.881 bits per heavy atom. The van der Waals surface area contributed by atoms with Crippen LogP contribution in [0.5, 0.6) is 0 Å². The van der Waals surface area contributed by atoms with Crippen molar-refractivity contribution < 1.29 is 23.8 Å². The zero-order chi connectivity index (χ0) is 30.7. The number of aliphatic hydroxyl groups is 1. The molecule has 0 amide bonds. The lowest BCUT2D eigenvalue weighted by Gasteiger charge is -2.33. The number of carbonyl (C=O) groups is 2. The van der Waals surface area contributed by atoms with Gasteiger partial charge in [-0.3, -0.25) is 9.59 Å². The van der Waals surface area contributed by atoms with Gasteiger partial charge in [-0.2, -0.15) is 0 Å². The standard InChI is InChI=1S/C34H32FN3O4/c1-22-15-24(7-10-28(22)36-5)17-31(39)33(3,41)21-42-34(4,20-38-14-13-26-19-27(35)9-12-30(26)38)32(40)18-25-8-11-29(37-6)23(2)16-25/h7-16,19,41H,17-18,20-21H2,1-4H3/t33-,34-/m0/s1. The zero-order valence-electron chi connectivity index (χ0n) is 24.1. The second-order valence-corrected chi connectivity index (χ2v) is 11.1. The normalized spacial score (nSPS) is 14.0. The Hall–Kier alpha value is -4.63. The van der Waals surface area contributed by atoms with Crippen LogP contribution in [0, 0.1) is 32.8 Å². The summed E-state index contributed by atoms with van der Waals surface area (Å²) < 4.78 is 21.8. The number of hydrogen-bond donors (Lipinski definition) is 1. The summed E-state index contributed by atoms with van der Waals surface area (Å²) in [4.78, 5) is 33.9. The van der Waals surface area contributed by atoms with Crippen molar-refractivity contribution in [2.45, 2.75) is 58.3 Å². The monoisotopic (exact) mass is 565 g/mol. The van der Waals surface area contributed by atoms with Crippen LogP contribution in [0.1, 0.15) is 36.1 Å². The van der Waals surface area contributed by atoms with Gasteiger partial charge in [0.05, 0.1) is 26.3 Å². The van der Waals surface area contributed by atoms with Gasteiger partial charge in [-0.15, -0.1) is 0 Å². The van der Waals surface area contributed by atoms with E-state index in [9.17, 15) is 19.1 Å². The number of aromatic nitrogens is 1. The Labute approximate surface area is 244 Å². The fourth-order valence-corrected chi connectivity index (χ4v) is 4.88. The smallest absolute Gasteiger partial charge is 0.190 e. The van der Waals surface area contributed by atoms with Crippen molar-refractivity contribution in [1.29, 1.82) is 0 Å². The first-order valence-electron chi connectivity index (χ1n) is 13.5. The average molecular weight is 566 g/mol. The fraction of sp³-hybridized carbons (Fsp3) is 0.294. The number of halogens is 1. The quantitative estimate of drug-likeness (QED) is 0.207. The molecule has 1 aromatic heterocycles. The third-order valence-electron chi connectivity index (χ3n) is 7.56. The van der Waals surface area contributed by atoms with E-state index in [1.54, 1.807) is 73.1 Å². The van der Waals surface area contributed by atoms with Crippen LogP contribution in [0.4, 0.5) is 15.8 Å². The molecule has 0 unspecified atom stereocenters. The van der Waals surface area contributed by atoms with E-state index in [0.29, 0.717) is 33.4 Å². The van der Waals surface area contributed by atoms with Crippen molar-refractivity contribution in [2.75, 3.05) is 6.61 Å². The molecule has 3 aromatic carbocycles. The van der Waals surface area contributed by atoms with Gasteiger partial charge >= 0.3 is 0 Å². The highest BCUT2D eigenvalue weighted by molar-refractivity contribution is 5.90. The van der Waals surface area contributed by atoms with Crippen LogP contribution in [-0.2, 0) is 33.7 Å². The van der Waals surface area contributed by atoms with E-state index in [2.05, 4.69) is 9.69 Å². The Morgan fingerprint density at radius 3 is 2.00 bits per heavy atom. The number of ether oxygens (including phenoxy) is 1. The lowest BCUT2D eigenvalue weighted by atomic mass is 9.92. The molecule has 1 N–H and O–H groups in total. The molecular weight excluding hydrogens is 533 g/mol. The van der Waals surface area contributed by atoms with E-state index in [0.717, 1.165) is 11.1 Å². The minimum atomic E-state index is -1.90. The highest BCUT2D eigenvalue weighted by Gasteiger charge is 2.39. The minimum absolute atomic E-state index is 0.00617. The van der Waals surface area contributed by atoms with Gasteiger partial charge in [0, 0.05) is 29.9 Å². The van der Waals surface area contributed by atoms with Gasteiger partial charge in [-0.25, -0.2) is 14.1 Å². The SMILES string of the molecule is [C-]#[N+]c1ccc(CC(=O)[C@@](C)(O)CO[C@@](C)(Cn2ccc3cc(F)ccc32)C(=O)Cc2ccc([N+]#[C-])c(C)c2)cc1C. The number of rotatable bonds is 11. The maximum atomic E-state index is 13.8. The number of Topliss-reactive ketones (excluding diaryl/α,β-unsaturated/α-hetero) is 2. The topological polar surface area (TPSA) is 77.2 Å². The Bertz CT molecular complexity index is 1760. The van der Waals surface area contributed by atoms with Crippen LogP contribution >= 0.6 is 0 Å². The van der Waals surface area contributed by atoms with Crippen molar-refractivity contribution in [3.8, 4) is 0 Å². The van der Waals surface area contributed by atoms with Crippen LogP contribution in [0.3, 0.4) is 0 Å². The van der Waals surface area contributed by atoms with Gasteiger partial charge in [0.15, 0.2) is 22.9 Å². The first kappa shape index (κ1) is 30.3. The summed E-state index contributed by atoms with van der Waals surface area (Å²) in [5, 5.41) is 11.8. The molecule has 0 saturated heterocycles. The van der Waals surface area contributed by atoms with Gasteiger partial charge in [-0.1, -0.05) is 36.4 Å². The third kappa shape index (κ3) is 6.63. The van der Waals surface area contributed by atoms with E-state index in [1.165, 1.54) is 19.1 Å². The molecule has 0 bridgehead atoms. The van der Waals surface area contributed by atoms with Crippen LogP contribution in [0.25, 0.3) is 20.6 Å². The second-order valence-electron chi connectivity index (χ2n) is 11.1. The van der Waals surface area contributed by atoms with Crippen molar-refractivity contribution >= 4 is 33.8 Å². The van der Waals surface area contributed by atoms with Gasteiger partial charge in [0.1, 0.15) is 17.0 Å². The van der Waals surface area contributed by atoms with Gasteiger partial charge in [-0.05, 0) is 74.2 Å². The highest BCUT2D eigenvalue weighted by atomic mass is 19.1. The summed E-state index contributed by atoms with van der Waals surface area (Å²) in [5.41, 5.74) is 1.20. The number of aryl methyl sites for hydroxylation is 2. The maximum Gasteiger partial charge on any atom is 0.190 e. The Kier molecular flexibility index (Phi) is 8.72. The van der Waals surface area contributed by atoms with Gasteiger partial charge < -0.3 is 14.4 Å². The summed E-state index contributed by atoms with van der Waals surface area (Å²) in [5.74, 6) is -1.14. The van der Waals surface area contributed by atoms with Crippen LogP contribution in [0.15, 0.2) is 66.9 Å². The summed E-state index contributed by atoms with van der Waals surface area (Å²) in [6.07, 6.45) is 1.68. The van der Waals surface area contributed by atoms with Crippen molar-refractivity contribution in [3.05, 3.63) is 118 Å². The minimum Gasteiger partial charge on any atom is -0.380 e. The van der Waals surface area contributed by atoms with Crippen molar-refractivity contribution in [2.24, 2.45) is 0 Å². The molecule has 0 radical (unpaired) electrons. The van der Waals surface area contributed by atoms with Crippen LogP contribution in [-0.4, -0.2) is 39.0 Å². The van der Waals surface area contributed by atoms with Crippen molar-refractivity contribution in [3.63, 3.8) is 0 Å². The van der Waals surface area contributed by atoms with E-state index >= 15 is 0 Å². The number of benzene rings is 3. The van der Waals surface area contributed by atoms with E-state index in [-0.39, 0.29) is 31.0 Å². The molecule has 214 valence electrons. The molecule has 0 spiro atoms. The third-order valence-corrected chi connectivity index (χ3v) is 7.56. The number of ketones is 2. The highest BCUT2D eigenvalue weighted by Crippen LogP contribution is 2.27. The molecule has 7 nitrogen and oxygen atoms in total. The molecule has 0 aliphatic rings. The average Bonchev–Trinajstić information content (AvgIpc) is 3.33. The molecular formula is C34H32FN3O4. The van der Waals surface area contributed by atoms with E-state index in [4.69, 9.17) is 17.9 Å². The molecule has 4 aromatic rings.